The lowest BCUT2D eigenvalue weighted by Crippen LogP contribution is -2.05. The van der Waals surface area contributed by atoms with Gasteiger partial charge in [-0.25, -0.2) is 0 Å². The summed E-state index contributed by atoms with van der Waals surface area (Å²) in [4.78, 5) is 0. The maximum Gasteiger partial charge on any atom is 0.0595 e. The molecule has 0 aromatic heterocycles. The third-order valence-corrected chi connectivity index (χ3v) is 2.78. The summed E-state index contributed by atoms with van der Waals surface area (Å²) in [6, 6.07) is 5.74. The average molecular weight is 271 g/mol. The van der Waals surface area contributed by atoms with Crippen molar-refractivity contribution in [1.29, 1.82) is 0 Å². The lowest BCUT2D eigenvalue weighted by atomic mass is 10.1. The average Bonchev–Trinajstić information content (AvgIpc) is 1.94. The van der Waals surface area contributed by atoms with E-state index in [0.717, 1.165) is 10.0 Å². The van der Waals surface area contributed by atoms with Gasteiger partial charge in [-0.15, -0.1) is 12.4 Å². The molecule has 1 aromatic carbocycles. The minimum atomic E-state index is -0.0139. The van der Waals surface area contributed by atoms with Gasteiger partial charge in [-0.2, -0.15) is 0 Å². The summed E-state index contributed by atoms with van der Waals surface area (Å²) in [5.74, 6) is 0. The van der Waals surface area contributed by atoms with Crippen LogP contribution in [0.4, 0.5) is 0 Å². The van der Waals surface area contributed by atoms with Gasteiger partial charge in [0.1, 0.15) is 0 Å². The first-order chi connectivity index (χ1) is 5.13. The largest absolute Gasteiger partial charge is 0.324 e. The molecule has 68 valence electrons. The van der Waals surface area contributed by atoms with Crippen molar-refractivity contribution in [2.45, 2.75) is 13.0 Å². The minimum Gasteiger partial charge on any atom is -0.324 e. The van der Waals surface area contributed by atoms with E-state index in [-0.39, 0.29) is 18.4 Å². The molecule has 1 atom stereocenters. The molecule has 4 heteroatoms. The van der Waals surface area contributed by atoms with Crippen molar-refractivity contribution in [1.82, 2.24) is 0 Å². The molecule has 0 radical (unpaired) electrons. The van der Waals surface area contributed by atoms with Crippen molar-refractivity contribution >= 4 is 39.9 Å². The third-order valence-electron chi connectivity index (χ3n) is 1.47. The van der Waals surface area contributed by atoms with Crippen LogP contribution in [0.1, 0.15) is 18.5 Å². The molecule has 1 rings (SSSR count). The molecular formula is C8H10BrCl2N. The van der Waals surface area contributed by atoms with Crippen LogP contribution in [-0.2, 0) is 0 Å². The van der Waals surface area contributed by atoms with Crippen LogP contribution in [0.5, 0.6) is 0 Å². The van der Waals surface area contributed by atoms with Crippen molar-refractivity contribution in [3.63, 3.8) is 0 Å². The number of hydrogen-bond donors (Lipinski definition) is 1. The van der Waals surface area contributed by atoms with E-state index in [1.165, 1.54) is 0 Å². The van der Waals surface area contributed by atoms with Gasteiger partial charge >= 0.3 is 0 Å². The van der Waals surface area contributed by atoms with Crippen LogP contribution < -0.4 is 5.73 Å². The van der Waals surface area contributed by atoms with E-state index < -0.39 is 0 Å². The van der Waals surface area contributed by atoms with Crippen LogP contribution in [0.15, 0.2) is 22.7 Å². The molecule has 0 heterocycles. The fourth-order valence-electron chi connectivity index (χ4n) is 0.872. The van der Waals surface area contributed by atoms with Gasteiger partial charge in [0.15, 0.2) is 0 Å². The Bertz CT molecular complexity index is 263. The predicted molar refractivity (Wildman–Crippen MR) is 59.0 cm³/mol. The summed E-state index contributed by atoms with van der Waals surface area (Å²) in [7, 11) is 0. The second-order valence-electron chi connectivity index (χ2n) is 2.43. The lowest BCUT2D eigenvalue weighted by Gasteiger charge is -2.08. The van der Waals surface area contributed by atoms with Gasteiger partial charge < -0.3 is 5.73 Å². The van der Waals surface area contributed by atoms with Crippen LogP contribution in [0.3, 0.4) is 0 Å². The van der Waals surface area contributed by atoms with Gasteiger partial charge in [-0.1, -0.05) is 23.7 Å². The van der Waals surface area contributed by atoms with Crippen molar-refractivity contribution in [3.8, 4) is 0 Å². The van der Waals surface area contributed by atoms with Crippen LogP contribution in [0, 0.1) is 0 Å². The molecule has 0 unspecified atom stereocenters. The zero-order chi connectivity index (χ0) is 8.43. The molecule has 12 heavy (non-hydrogen) atoms. The third kappa shape index (κ3) is 2.63. The first-order valence-corrected chi connectivity index (χ1v) is 4.49. The summed E-state index contributed by atoms with van der Waals surface area (Å²) >= 11 is 9.29. The molecule has 2 N–H and O–H groups in total. The molecule has 0 saturated heterocycles. The zero-order valence-electron chi connectivity index (χ0n) is 6.55. The van der Waals surface area contributed by atoms with E-state index >= 15 is 0 Å². The maximum absolute atomic E-state index is 5.96. The number of benzene rings is 1. The van der Waals surface area contributed by atoms with Gasteiger partial charge in [-0.05, 0) is 34.5 Å². The van der Waals surface area contributed by atoms with E-state index in [1.807, 2.05) is 25.1 Å². The Balaban J connectivity index is 0.00000121. The fourth-order valence-corrected chi connectivity index (χ4v) is 1.55. The number of rotatable bonds is 1. The van der Waals surface area contributed by atoms with Gasteiger partial charge in [0.05, 0.1) is 5.02 Å². The Morgan fingerprint density at radius 3 is 2.50 bits per heavy atom. The number of nitrogens with two attached hydrogens (primary N) is 1. The highest BCUT2D eigenvalue weighted by Crippen LogP contribution is 2.28. The van der Waals surface area contributed by atoms with E-state index in [9.17, 15) is 0 Å². The summed E-state index contributed by atoms with van der Waals surface area (Å²) in [5.41, 5.74) is 6.65. The van der Waals surface area contributed by atoms with E-state index in [2.05, 4.69) is 15.9 Å². The quantitative estimate of drug-likeness (QED) is 0.830. The number of hydrogen-bond acceptors (Lipinski definition) is 1. The Kier molecular flexibility index (Phi) is 5.18. The van der Waals surface area contributed by atoms with Crippen molar-refractivity contribution in [2.75, 3.05) is 0 Å². The van der Waals surface area contributed by atoms with Crippen molar-refractivity contribution in [3.05, 3.63) is 33.3 Å². The first-order valence-electron chi connectivity index (χ1n) is 3.32. The van der Waals surface area contributed by atoms with Gasteiger partial charge in [0.25, 0.3) is 0 Å². The molecule has 0 aliphatic heterocycles. The molecule has 1 nitrogen and oxygen atoms in total. The zero-order valence-corrected chi connectivity index (χ0v) is 9.71. The van der Waals surface area contributed by atoms with E-state index in [1.54, 1.807) is 0 Å². The van der Waals surface area contributed by atoms with E-state index in [0.29, 0.717) is 5.02 Å². The Morgan fingerprint density at radius 2 is 2.08 bits per heavy atom. The van der Waals surface area contributed by atoms with Gasteiger partial charge in [0.2, 0.25) is 0 Å². The summed E-state index contributed by atoms with van der Waals surface area (Å²) < 4.78 is 0.897. The first kappa shape index (κ1) is 12.2. The smallest absolute Gasteiger partial charge is 0.0595 e. The Hall–Kier alpha value is 0.240. The molecule has 0 saturated carbocycles. The van der Waals surface area contributed by atoms with Gasteiger partial charge in [0, 0.05) is 10.5 Å². The molecular weight excluding hydrogens is 261 g/mol. The van der Waals surface area contributed by atoms with Crippen molar-refractivity contribution in [2.24, 2.45) is 5.73 Å². The summed E-state index contributed by atoms with van der Waals surface area (Å²) in [6.45, 7) is 1.91. The number of halogens is 3. The van der Waals surface area contributed by atoms with Crippen LogP contribution >= 0.6 is 39.9 Å². The minimum absolute atomic E-state index is 0. The summed E-state index contributed by atoms with van der Waals surface area (Å²) in [6.07, 6.45) is 0. The second-order valence-corrected chi connectivity index (χ2v) is 3.66. The molecule has 0 aliphatic carbocycles. The highest BCUT2D eigenvalue weighted by molar-refractivity contribution is 9.10. The van der Waals surface area contributed by atoms with E-state index in [4.69, 9.17) is 17.3 Å². The molecule has 1 aromatic rings. The SMILES string of the molecule is C[C@@H](N)c1cccc(Br)c1Cl.Cl. The second kappa shape index (κ2) is 5.07. The highest BCUT2D eigenvalue weighted by atomic mass is 79.9. The summed E-state index contributed by atoms with van der Waals surface area (Å²) in [5, 5.41) is 0.711. The van der Waals surface area contributed by atoms with Crippen molar-refractivity contribution < 1.29 is 0 Å². The maximum atomic E-state index is 5.96. The van der Waals surface area contributed by atoms with Crippen LogP contribution in [-0.4, -0.2) is 0 Å². The van der Waals surface area contributed by atoms with Crippen LogP contribution in [0.2, 0.25) is 5.02 Å². The molecule has 0 spiro atoms. The topological polar surface area (TPSA) is 26.0 Å². The molecule has 0 fully saturated rings. The lowest BCUT2D eigenvalue weighted by molar-refractivity contribution is 0.818. The fraction of sp³-hybridized carbons (Fsp3) is 0.250. The molecule has 0 amide bonds. The molecule has 0 bridgehead atoms. The van der Waals surface area contributed by atoms with Gasteiger partial charge in [-0.3, -0.25) is 0 Å². The Labute approximate surface area is 91.8 Å². The van der Waals surface area contributed by atoms with Crippen LogP contribution in [0.25, 0.3) is 0 Å². The standard InChI is InChI=1S/C8H9BrClN.ClH/c1-5(11)6-3-2-4-7(9)8(6)10;/h2-5H,11H2,1H3;1H/t5-;/m1./s1. The Morgan fingerprint density at radius 1 is 1.50 bits per heavy atom. The monoisotopic (exact) mass is 269 g/mol. The highest BCUT2D eigenvalue weighted by Gasteiger charge is 2.06. The molecule has 0 aliphatic rings. The normalized spacial score (nSPS) is 12.0. The predicted octanol–water partition coefficient (Wildman–Crippen LogP) is 3.54.